The number of halogens is 1. The fourth-order valence-electron chi connectivity index (χ4n) is 3.59. The quantitative estimate of drug-likeness (QED) is 0.562. The van der Waals surface area contributed by atoms with Crippen LogP contribution in [0.25, 0.3) is 0 Å². The highest BCUT2D eigenvalue weighted by Gasteiger charge is 2.38. The summed E-state index contributed by atoms with van der Waals surface area (Å²) in [5.41, 5.74) is 1.67. The van der Waals surface area contributed by atoms with Crippen molar-refractivity contribution in [2.45, 2.75) is 32.0 Å². The van der Waals surface area contributed by atoms with E-state index in [1.165, 1.54) is 28.4 Å². The van der Waals surface area contributed by atoms with Crippen molar-refractivity contribution in [2.75, 3.05) is 11.4 Å². The number of hydrogen-bond donors (Lipinski definition) is 0. The number of anilines is 1. The molecular formula is C23H22FN3O3S. The number of benzene rings is 2. The lowest BCUT2D eigenvalue weighted by atomic mass is 10.1. The predicted molar refractivity (Wildman–Crippen MR) is 116 cm³/mol. The lowest BCUT2D eigenvalue weighted by molar-refractivity contribution is -0.122. The van der Waals surface area contributed by atoms with Crippen LogP contribution in [0.1, 0.15) is 24.0 Å². The van der Waals surface area contributed by atoms with Crippen molar-refractivity contribution in [3.8, 4) is 0 Å². The van der Waals surface area contributed by atoms with Gasteiger partial charge in [0.25, 0.3) is 5.91 Å². The minimum absolute atomic E-state index is 0.156. The highest BCUT2D eigenvalue weighted by molar-refractivity contribution is 7.13. The van der Waals surface area contributed by atoms with Gasteiger partial charge in [-0.3, -0.25) is 14.6 Å². The maximum Gasteiger partial charge on any atom is 0.410 e. The van der Waals surface area contributed by atoms with Crippen LogP contribution in [0.2, 0.25) is 0 Å². The topological polar surface area (TPSA) is 62.7 Å². The zero-order chi connectivity index (χ0) is 21.6. The van der Waals surface area contributed by atoms with Crippen LogP contribution in [0.15, 0.2) is 66.2 Å². The summed E-state index contributed by atoms with van der Waals surface area (Å²) in [4.78, 5) is 33.5. The molecule has 1 aliphatic rings. The minimum atomic E-state index is -0.618. The standard InChI is InChI=1S/C23H22FN3O3S/c24-19-10-8-17(9-11-19)15-27(22-25-12-14-31-22)21(28)20-7-4-13-26(20)23(29)30-16-18-5-2-1-3-6-18/h1-3,5-6,8-12,14,20H,4,7,13,15-16H2. The second-order valence-electron chi connectivity index (χ2n) is 7.26. The second kappa shape index (κ2) is 9.70. The fourth-order valence-corrected chi connectivity index (χ4v) is 4.23. The van der Waals surface area contributed by atoms with Gasteiger partial charge in [-0.15, -0.1) is 11.3 Å². The third-order valence-corrected chi connectivity index (χ3v) is 5.94. The van der Waals surface area contributed by atoms with Gasteiger partial charge in [-0.05, 0) is 36.1 Å². The Balaban J connectivity index is 1.48. The zero-order valence-electron chi connectivity index (χ0n) is 16.8. The first-order chi connectivity index (χ1) is 15.1. The van der Waals surface area contributed by atoms with Crippen LogP contribution in [-0.4, -0.2) is 34.5 Å². The Morgan fingerprint density at radius 1 is 1.13 bits per heavy atom. The van der Waals surface area contributed by atoms with Gasteiger partial charge in [0.1, 0.15) is 18.5 Å². The van der Waals surface area contributed by atoms with Crippen molar-refractivity contribution in [3.63, 3.8) is 0 Å². The summed E-state index contributed by atoms with van der Waals surface area (Å²) in [6, 6.07) is 14.8. The summed E-state index contributed by atoms with van der Waals surface area (Å²) >= 11 is 1.34. The Kier molecular flexibility index (Phi) is 6.57. The molecule has 2 amide bonds. The van der Waals surface area contributed by atoms with Crippen LogP contribution < -0.4 is 4.90 Å². The normalized spacial score (nSPS) is 15.6. The van der Waals surface area contributed by atoms with Crippen LogP contribution in [-0.2, 0) is 22.7 Å². The van der Waals surface area contributed by atoms with Crippen molar-refractivity contribution < 1.29 is 18.7 Å². The van der Waals surface area contributed by atoms with Gasteiger partial charge in [0.15, 0.2) is 5.13 Å². The van der Waals surface area contributed by atoms with E-state index in [1.54, 1.807) is 28.6 Å². The monoisotopic (exact) mass is 439 g/mol. The number of carbonyl (C=O) groups is 2. The lowest BCUT2D eigenvalue weighted by Gasteiger charge is -2.28. The molecule has 2 aromatic carbocycles. The van der Waals surface area contributed by atoms with Gasteiger partial charge in [0.05, 0.1) is 6.54 Å². The zero-order valence-corrected chi connectivity index (χ0v) is 17.6. The van der Waals surface area contributed by atoms with Crippen molar-refractivity contribution in [1.29, 1.82) is 0 Å². The Bertz CT molecular complexity index is 1010. The first-order valence-corrected chi connectivity index (χ1v) is 10.9. The molecule has 1 fully saturated rings. The number of thiazole rings is 1. The summed E-state index contributed by atoms with van der Waals surface area (Å²) in [6.45, 7) is 0.866. The summed E-state index contributed by atoms with van der Waals surface area (Å²) in [6.07, 6.45) is 2.41. The van der Waals surface area contributed by atoms with E-state index in [0.717, 1.165) is 17.5 Å². The number of carbonyl (C=O) groups excluding carboxylic acids is 2. The molecule has 1 aromatic heterocycles. The van der Waals surface area contributed by atoms with Crippen LogP contribution in [0.5, 0.6) is 0 Å². The number of amides is 2. The van der Waals surface area contributed by atoms with Crippen LogP contribution in [0, 0.1) is 5.82 Å². The van der Waals surface area contributed by atoms with Gasteiger partial charge in [-0.25, -0.2) is 14.2 Å². The van der Waals surface area contributed by atoms with E-state index in [4.69, 9.17) is 4.74 Å². The third-order valence-electron chi connectivity index (χ3n) is 5.15. The summed E-state index contributed by atoms with van der Waals surface area (Å²) in [5.74, 6) is -0.549. The molecule has 0 N–H and O–H groups in total. The van der Waals surface area contributed by atoms with E-state index in [-0.39, 0.29) is 24.9 Å². The average molecular weight is 440 g/mol. The van der Waals surface area contributed by atoms with Gasteiger partial charge in [0.2, 0.25) is 0 Å². The molecule has 1 saturated heterocycles. The first kappa shape index (κ1) is 21.0. The molecule has 31 heavy (non-hydrogen) atoms. The summed E-state index contributed by atoms with van der Waals surface area (Å²) in [5, 5.41) is 2.33. The number of likely N-dealkylation sites (tertiary alicyclic amines) is 1. The van der Waals surface area contributed by atoms with Crippen molar-refractivity contribution >= 4 is 28.5 Å². The van der Waals surface area contributed by atoms with Gasteiger partial charge >= 0.3 is 6.09 Å². The van der Waals surface area contributed by atoms with E-state index >= 15 is 0 Å². The lowest BCUT2D eigenvalue weighted by Crippen LogP contribution is -2.48. The molecular weight excluding hydrogens is 417 g/mol. The number of ether oxygens (including phenoxy) is 1. The van der Waals surface area contributed by atoms with Crippen LogP contribution in [0.4, 0.5) is 14.3 Å². The minimum Gasteiger partial charge on any atom is -0.445 e. The molecule has 0 spiro atoms. The number of aromatic nitrogens is 1. The maximum absolute atomic E-state index is 13.5. The van der Waals surface area contributed by atoms with E-state index in [2.05, 4.69) is 4.98 Å². The van der Waals surface area contributed by atoms with E-state index in [0.29, 0.717) is 18.1 Å². The van der Waals surface area contributed by atoms with Crippen molar-refractivity contribution in [3.05, 3.63) is 83.1 Å². The number of hydrogen-bond acceptors (Lipinski definition) is 5. The van der Waals surface area contributed by atoms with Crippen LogP contribution >= 0.6 is 11.3 Å². The van der Waals surface area contributed by atoms with Gasteiger partial charge < -0.3 is 4.74 Å². The highest BCUT2D eigenvalue weighted by Crippen LogP contribution is 2.27. The van der Waals surface area contributed by atoms with Gasteiger partial charge in [-0.2, -0.15) is 0 Å². The molecule has 6 nitrogen and oxygen atoms in total. The fraction of sp³-hybridized carbons (Fsp3) is 0.261. The smallest absolute Gasteiger partial charge is 0.410 e. The van der Waals surface area contributed by atoms with Gasteiger partial charge in [0, 0.05) is 18.1 Å². The van der Waals surface area contributed by atoms with E-state index in [9.17, 15) is 14.0 Å². The Hall–Kier alpha value is -3.26. The van der Waals surface area contributed by atoms with Crippen molar-refractivity contribution in [1.82, 2.24) is 9.88 Å². The Morgan fingerprint density at radius 3 is 2.61 bits per heavy atom. The molecule has 3 aromatic rings. The van der Waals surface area contributed by atoms with Crippen molar-refractivity contribution in [2.24, 2.45) is 0 Å². The SMILES string of the molecule is O=C(C1CCCN1C(=O)OCc1ccccc1)N(Cc1ccc(F)cc1)c1nccs1. The average Bonchev–Trinajstić information content (AvgIpc) is 3.50. The molecule has 0 saturated carbocycles. The van der Waals surface area contributed by atoms with Gasteiger partial charge in [-0.1, -0.05) is 42.5 Å². The molecule has 1 atom stereocenters. The highest BCUT2D eigenvalue weighted by atomic mass is 32.1. The molecule has 160 valence electrons. The maximum atomic E-state index is 13.5. The largest absolute Gasteiger partial charge is 0.445 e. The first-order valence-electron chi connectivity index (χ1n) is 10.0. The Labute approximate surface area is 183 Å². The van der Waals surface area contributed by atoms with E-state index in [1.807, 2.05) is 30.3 Å². The molecule has 1 unspecified atom stereocenters. The Morgan fingerprint density at radius 2 is 1.90 bits per heavy atom. The number of nitrogens with zero attached hydrogens (tertiary/aromatic N) is 3. The molecule has 2 heterocycles. The molecule has 0 aliphatic carbocycles. The van der Waals surface area contributed by atoms with E-state index < -0.39 is 12.1 Å². The second-order valence-corrected chi connectivity index (χ2v) is 8.13. The molecule has 1 aliphatic heterocycles. The predicted octanol–water partition coefficient (Wildman–Crippen LogP) is 4.62. The summed E-state index contributed by atoms with van der Waals surface area (Å²) in [7, 11) is 0. The molecule has 0 radical (unpaired) electrons. The van der Waals surface area contributed by atoms with Crippen LogP contribution in [0.3, 0.4) is 0 Å². The number of rotatable bonds is 6. The summed E-state index contributed by atoms with van der Waals surface area (Å²) < 4.78 is 18.7. The molecule has 0 bridgehead atoms. The third kappa shape index (κ3) is 5.08. The molecule has 4 rings (SSSR count). The molecule has 8 heteroatoms.